The number of aryl methyl sites for hydroxylation is 1. The lowest BCUT2D eigenvalue weighted by Gasteiger charge is -2.23. The fourth-order valence-electron chi connectivity index (χ4n) is 2.50. The van der Waals surface area contributed by atoms with Crippen LogP contribution in [0.1, 0.15) is 12.0 Å². The Labute approximate surface area is 148 Å². The summed E-state index contributed by atoms with van der Waals surface area (Å²) in [5.41, 5.74) is 1.41. The zero-order chi connectivity index (χ0) is 18.0. The number of nitro groups is 1. The van der Waals surface area contributed by atoms with Gasteiger partial charge in [-0.05, 0) is 30.7 Å². The highest BCUT2D eigenvalue weighted by Crippen LogP contribution is 2.36. The molecule has 2 aromatic rings. The molecule has 0 fully saturated rings. The van der Waals surface area contributed by atoms with Gasteiger partial charge in [0.05, 0.1) is 15.9 Å². The van der Waals surface area contributed by atoms with Gasteiger partial charge in [-0.2, -0.15) is 0 Å². The summed E-state index contributed by atoms with van der Waals surface area (Å²) in [5.74, 6) is -0.698. The molecule has 0 aromatic heterocycles. The first-order chi connectivity index (χ1) is 11.9. The summed E-state index contributed by atoms with van der Waals surface area (Å²) in [7, 11) is 0. The zero-order valence-electron chi connectivity index (χ0n) is 13.3. The third-order valence-electron chi connectivity index (χ3n) is 3.70. The quantitative estimate of drug-likeness (QED) is 0.645. The summed E-state index contributed by atoms with van der Waals surface area (Å²) in [6, 6.07) is 11.9. The van der Waals surface area contributed by atoms with Gasteiger partial charge in [0, 0.05) is 17.4 Å². The highest BCUT2D eigenvalue weighted by Gasteiger charge is 2.29. The Balaban J connectivity index is 1.72. The van der Waals surface area contributed by atoms with Gasteiger partial charge >= 0.3 is 0 Å². The summed E-state index contributed by atoms with van der Waals surface area (Å²) in [6.45, 7) is 1.74. The molecule has 0 saturated heterocycles. The Morgan fingerprint density at radius 2 is 2.08 bits per heavy atom. The molecule has 0 saturated carbocycles. The molecule has 1 atom stereocenters. The number of rotatable bonds is 4. The number of nitro benzene ring substituents is 1. The van der Waals surface area contributed by atoms with E-state index < -0.39 is 16.1 Å². The second-order valence-electron chi connectivity index (χ2n) is 5.62. The van der Waals surface area contributed by atoms with Crippen molar-refractivity contribution in [2.75, 3.05) is 10.6 Å². The molecule has 8 heteroatoms. The van der Waals surface area contributed by atoms with E-state index in [9.17, 15) is 19.7 Å². The van der Waals surface area contributed by atoms with E-state index in [0.717, 1.165) is 16.1 Å². The minimum Gasteiger partial charge on any atom is -0.324 e. The van der Waals surface area contributed by atoms with Gasteiger partial charge in [-0.15, -0.1) is 11.8 Å². The molecule has 2 aromatic carbocycles. The minimum atomic E-state index is -0.584. The average molecular weight is 357 g/mol. The molecule has 0 radical (unpaired) electrons. The standard InChI is InChI=1S/C17H15N3O4S/c1-10-6-7-11(13(8-10)20(23)24)18-16(21)9-15-17(22)19-12-4-2-3-5-14(12)25-15/h2-8,15H,9H2,1H3,(H,18,21)(H,19,22). The van der Waals surface area contributed by atoms with E-state index in [4.69, 9.17) is 0 Å². The number of nitrogens with zero attached hydrogens (tertiary/aromatic N) is 1. The second kappa shape index (κ2) is 6.94. The summed E-state index contributed by atoms with van der Waals surface area (Å²) >= 11 is 1.31. The molecule has 2 N–H and O–H groups in total. The number of carbonyl (C=O) groups excluding carboxylic acids is 2. The van der Waals surface area contributed by atoms with E-state index in [1.807, 2.05) is 18.2 Å². The average Bonchev–Trinajstić information content (AvgIpc) is 2.57. The van der Waals surface area contributed by atoms with Crippen molar-refractivity contribution in [3.05, 3.63) is 58.1 Å². The van der Waals surface area contributed by atoms with Gasteiger partial charge in [-0.25, -0.2) is 0 Å². The topological polar surface area (TPSA) is 101 Å². The van der Waals surface area contributed by atoms with Gasteiger partial charge < -0.3 is 10.6 Å². The van der Waals surface area contributed by atoms with Crippen molar-refractivity contribution in [1.82, 2.24) is 0 Å². The van der Waals surface area contributed by atoms with Crippen molar-refractivity contribution in [2.45, 2.75) is 23.5 Å². The maximum absolute atomic E-state index is 12.3. The lowest BCUT2D eigenvalue weighted by atomic mass is 10.2. The largest absolute Gasteiger partial charge is 0.324 e. The predicted molar refractivity (Wildman–Crippen MR) is 95.8 cm³/mol. The van der Waals surface area contributed by atoms with Crippen molar-refractivity contribution >= 4 is 40.6 Å². The minimum absolute atomic E-state index is 0.0735. The molecular weight excluding hydrogens is 342 g/mol. The van der Waals surface area contributed by atoms with Crippen LogP contribution in [0.15, 0.2) is 47.4 Å². The van der Waals surface area contributed by atoms with Gasteiger partial charge in [-0.1, -0.05) is 18.2 Å². The van der Waals surface area contributed by atoms with E-state index in [1.54, 1.807) is 19.1 Å². The third-order valence-corrected chi connectivity index (χ3v) is 4.98. The van der Waals surface area contributed by atoms with Crippen molar-refractivity contribution in [3.63, 3.8) is 0 Å². The first-order valence-corrected chi connectivity index (χ1v) is 8.43. The fourth-order valence-corrected chi connectivity index (χ4v) is 3.61. The first-order valence-electron chi connectivity index (χ1n) is 7.55. The number of amides is 2. The van der Waals surface area contributed by atoms with E-state index in [2.05, 4.69) is 10.6 Å². The normalized spacial score (nSPS) is 15.9. The molecule has 2 amide bonds. The number of benzene rings is 2. The number of para-hydroxylation sites is 1. The molecule has 0 aliphatic carbocycles. The van der Waals surface area contributed by atoms with Crippen LogP contribution in [0.4, 0.5) is 17.1 Å². The number of hydrogen-bond donors (Lipinski definition) is 2. The number of hydrogen-bond acceptors (Lipinski definition) is 5. The second-order valence-corrected chi connectivity index (χ2v) is 6.87. The Hall–Kier alpha value is -2.87. The lowest BCUT2D eigenvalue weighted by Crippen LogP contribution is -2.32. The Morgan fingerprint density at radius 3 is 2.84 bits per heavy atom. The maximum atomic E-state index is 12.3. The first kappa shape index (κ1) is 17.0. The monoisotopic (exact) mass is 357 g/mol. The van der Waals surface area contributed by atoms with Crippen LogP contribution < -0.4 is 10.6 Å². The summed E-state index contributed by atoms with van der Waals surface area (Å²) in [5, 5.41) is 15.8. The van der Waals surface area contributed by atoms with Crippen LogP contribution in [0.5, 0.6) is 0 Å². The van der Waals surface area contributed by atoms with Crippen LogP contribution in [-0.2, 0) is 9.59 Å². The molecule has 128 valence electrons. The third kappa shape index (κ3) is 3.80. The Morgan fingerprint density at radius 1 is 1.32 bits per heavy atom. The molecule has 0 bridgehead atoms. The Kier molecular flexibility index (Phi) is 4.71. The smallest absolute Gasteiger partial charge is 0.293 e. The van der Waals surface area contributed by atoms with Crippen molar-refractivity contribution in [3.8, 4) is 0 Å². The summed E-state index contributed by atoms with van der Waals surface area (Å²) in [6.07, 6.45) is -0.0735. The highest BCUT2D eigenvalue weighted by atomic mass is 32.2. The van der Waals surface area contributed by atoms with E-state index in [-0.39, 0.29) is 23.7 Å². The summed E-state index contributed by atoms with van der Waals surface area (Å²) < 4.78 is 0. The van der Waals surface area contributed by atoms with Gasteiger partial charge in [0.1, 0.15) is 5.69 Å². The van der Waals surface area contributed by atoms with Crippen LogP contribution in [-0.4, -0.2) is 22.0 Å². The maximum Gasteiger partial charge on any atom is 0.293 e. The van der Waals surface area contributed by atoms with Crippen molar-refractivity contribution < 1.29 is 14.5 Å². The Bertz CT molecular complexity index is 869. The van der Waals surface area contributed by atoms with Gasteiger partial charge in [0.25, 0.3) is 5.69 Å². The highest BCUT2D eigenvalue weighted by molar-refractivity contribution is 8.01. The van der Waals surface area contributed by atoms with Crippen molar-refractivity contribution in [2.24, 2.45) is 0 Å². The van der Waals surface area contributed by atoms with E-state index in [0.29, 0.717) is 0 Å². The van der Waals surface area contributed by atoms with Crippen molar-refractivity contribution in [1.29, 1.82) is 0 Å². The molecule has 0 spiro atoms. The number of nitrogens with one attached hydrogen (secondary N) is 2. The summed E-state index contributed by atoms with van der Waals surface area (Å²) in [4.78, 5) is 35.9. The number of carbonyl (C=O) groups is 2. The molecule has 3 rings (SSSR count). The molecular formula is C17H15N3O4S. The molecule has 1 unspecified atom stereocenters. The molecule has 1 heterocycles. The van der Waals surface area contributed by atoms with Crippen LogP contribution >= 0.6 is 11.8 Å². The zero-order valence-corrected chi connectivity index (χ0v) is 14.1. The number of anilines is 2. The lowest BCUT2D eigenvalue weighted by molar-refractivity contribution is -0.384. The number of fused-ring (bicyclic) bond motifs is 1. The fraction of sp³-hybridized carbons (Fsp3) is 0.176. The molecule has 25 heavy (non-hydrogen) atoms. The van der Waals surface area contributed by atoms with Gasteiger partial charge in [0.2, 0.25) is 11.8 Å². The molecule has 1 aliphatic heterocycles. The van der Waals surface area contributed by atoms with Crippen LogP contribution in [0.25, 0.3) is 0 Å². The number of thioether (sulfide) groups is 1. The predicted octanol–water partition coefficient (Wildman–Crippen LogP) is 3.34. The molecule has 1 aliphatic rings. The van der Waals surface area contributed by atoms with E-state index >= 15 is 0 Å². The molecule has 7 nitrogen and oxygen atoms in total. The van der Waals surface area contributed by atoms with E-state index in [1.165, 1.54) is 23.9 Å². The van der Waals surface area contributed by atoms with Gasteiger partial charge in [-0.3, -0.25) is 19.7 Å². The van der Waals surface area contributed by atoms with Gasteiger partial charge in [0.15, 0.2) is 0 Å². The SMILES string of the molecule is Cc1ccc(NC(=O)CC2Sc3ccccc3NC2=O)c([N+](=O)[O-])c1. The van der Waals surface area contributed by atoms with Crippen LogP contribution in [0.2, 0.25) is 0 Å². The van der Waals surface area contributed by atoms with Crippen LogP contribution in [0, 0.1) is 17.0 Å². The van der Waals surface area contributed by atoms with Crippen LogP contribution in [0.3, 0.4) is 0 Å².